The third-order valence-corrected chi connectivity index (χ3v) is 5.18. The standard InChI is InChI=1S/C25H28N2O5/c1-4-32-21-16-18(11-13-19(21)28)23-22(20(29)12-10-17-8-6-5-7-9-17)24(30)25(31)27(23)15-14-26(2)3/h5-13,16,23,28,30H,4,14-15H2,1-3H3/b12-10+. The summed E-state index contributed by atoms with van der Waals surface area (Å²) in [5.41, 5.74) is 1.41. The van der Waals surface area contributed by atoms with E-state index >= 15 is 0 Å². The van der Waals surface area contributed by atoms with Crippen molar-refractivity contribution in [1.29, 1.82) is 0 Å². The van der Waals surface area contributed by atoms with Crippen LogP contribution in [0.3, 0.4) is 0 Å². The van der Waals surface area contributed by atoms with Crippen molar-refractivity contribution in [1.82, 2.24) is 9.80 Å². The molecule has 0 aliphatic carbocycles. The molecule has 0 aromatic heterocycles. The number of benzene rings is 2. The molecule has 3 rings (SSSR count). The van der Waals surface area contributed by atoms with E-state index in [4.69, 9.17) is 4.74 Å². The van der Waals surface area contributed by atoms with Crippen LogP contribution < -0.4 is 4.74 Å². The van der Waals surface area contributed by atoms with Gasteiger partial charge in [0, 0.05) is 13.1 Å². The van der Waals surface area contributed by atoms with Crippen molar-refractivity contribution < 1.29 is 24.5 Å². The summed E-state index contributed by atoms with van der Waals surface area (Å²) in [6.45, 7) is 3.00. The molecule has 1 heterocycles. The lowest BCUT2D eigenvalue weighted by molar-refractivity contribution is -0.129. The van der Waals surface area contributed by atoms with Crippen LogP contribution in [-0.4, -0.2) is 65.5 Å². The third kappa shape index (κ3) is 5.00. The van der Waals surface area contributed by atoms with Crippen molar-refractivity contribution >= 4 is 17.8 Å². The Morgan fingerprint density at radius 3 is 2.53 bits per heavy atom. The Hall–Kier alpha value is -3.58. The summed E-state index contributed by atoms with van der Waals surface area (Å²) in [6, 6.07) is 13.2. The molecule has 7 heteroatoms. The van der Waals surface area contributed by atoms with Gasteiger partial charge in [0.25, 0.3) is 5.91 Å². The summed E-state index contributed by atoms with van der Waals surface area (Å²) >= 11 is 0. The van der Waals surface area contributed by atoms with Crippen molar-refractivity contribution in [2.45, 2.75) is 13.0 Å². The van der Waals surface area contributed by atoms with Crippen LogP contribution in [0.5, 0.6) is 11.5 Å². The van der Waals surface area contributed by atoms with Crippen molar-refractivity contribution in [3.8, 4) is 11.5 Å². The van der Waals surface area contributed by atoms with Gasteiger partial charge in [0.2, 0.25) is 0 Å². The second-order valence-corrected chi connectivity index (χ2v) is 7.74. The lowest BCUT2D eigenvalue weighted by atomic mass is 9.95. The van der Waals surface area contributed by atoms with Crippen LogP contribution in [0.25, 0.3) is 6.08 Å². The van der Waals surface area contributed by atoms with Gasteiger partial charge in [-0.25, -0.2) is 0 Å². The number of likely N-dealkylation sites (N-methyl/N-ethyl adjacent to an activating group) is 1. The fourth-order valence-electron chi connectivity index (χ4n) is 3.59. The number of nitrogens with zero attached hydrogens (tertiary/aromatic N) is 2. The van der Waals surface area contributed by atoms with Gasteiger partial charge in [-0.3, -0.25) is 9.59 Å². The highest BCUT2D eigenvalue weighted by molar-refractivity contribution is 6.14. The first-order valence-electron chi connectivity index (χ1n) is 10.5. The number of allylic oxidation sites excluding steroid dienone is 1. The van der Waals surface area contributed by atoms with E-state index in [0.717, 1.165) is 5.56 Å². The molecule has 0 radical (unpaired) electrons. The summed E-state index contributed by atoms with van der Waals surface area (Å²) in [5, 5.41) is 20.7. The fourth-order valence-corrected chi connectivity index (χ4v) is 3.59. The molecular weight excluding hydrogens is 408 g/mol. The summed E-state index contributed by atoms with van der Waals surface area (Å²) in [7, 11) is 3.76. The molecule has 0 fully saturated rings. The number of rotatable bonds is 9. The normalized spacial score (nSPS) is 16.4. The average Bonchev–Trinajstić information content (AvgIpc) is 3.03. The molecule has 1 aliphatic heterocycles. The molecule has 0 spiro atoms. The number of aromatic hydroxyl groups is 1. The van der Waals surface area contributed by atoms with Crippen molar-refractivity contribution in [2.24, 2.45) is 0 Å². The van der Waals surface area contributed by atoms with Gasteiger partial charge in [-0.15, -0.1) is 0 Å². The molecule has 1 amide bonds. The van der Waals surface area contributed by atoms with Gasteiger partial charge >= 0.3 is 0 Å². The molecule has 1 atom stereocenters. The van der Waals surface area contributed by atoms with E-state index in [9.17, 15) is 19.8 Å². The van der Waals surface area contributed by atoms with Crippen LogP contribution in [0.2, 0.25) is 0 Å². The summed E-state index contributed by atoms with van der Waals surface area (Å²) < 4.78 is 5.49. The highest BCUT2D eigenvalue weighted by Gasteiger charge is 2.42. The molecule has 1 unspecified atom stereocenters. The van der Waals surface area contributed by atoms with Gasteiger partial charge in [-0.2, -0.15) is 0 Å². The predicted octanol–water partition coefficient (Wildman–Crippen LogP) is 3.33. The van der Waals surface area contributed by atoms with E-state index in [0.29, 0.717) is 25.3 Å². The number of carbonyl (C=O) groups excluding carboxylic acids is 2. The van der Waals surface area contributed by atoms with E-state index in [1.54, 1.807) is 25.1 Å². The lowest BCUT2D eigenvalue weighted by Crippen LogP contribution is -2.36. The SMILES string of the molecule is CCOc1cc(C2C(C(=O)/C=C/c3ccccc3)=C(O)C(=O)N2CCN(C)C)ccc1O. The summed E-state index contributed by atoms with van der Waals surface area (Å²) in [6.07, 6.45) is 3.01. The smallest absolute Gasteiger partial charge is 0.290 e. The maximum absolute atomic E-state index is 13.1. The molecule has 2 aromatic rings. The van der Waals surface area contributed by atoms with Crippen LogP contribution in [0.1, 0.15) is 24.1 Å². The Morgan fingerprint density at radius 2 is 1.88 bits per heavy atom. The van der Waals surface area contributed by atoms with E-state index < -0.39 is 23.5 Å². The van der Waals surface area contributed by atoms with Crippen LogP contribution in [-0.2, 0) is 9.59 Å². The van der Waals surface area contributed by atoms with E-state index in [-0.39, 0.29) is 17.1 Å². The van der Waals surface area contributed by atoms with Gasteiger partial charge < -0.3 is 24.7 Å². The van der Waals surface area contributed by atoms with Gasteiger partial charge in [0.15, 0.2) is 23.0 Å². The van der Waals surface area contributed by atoms with Crippen molar-refractivity contribution in [3.05, 3.63) is 77.1 Å². The molecular formula is C25H28N2O5. The first kappa shape index (κ1) is 23.1. The predicted molar refractivity (Wildman–Crippen MR) is 122 cm³/mol. The molecule has 7 nitrogen and oxygen atoms in total. The first-order chi connectivity index (χ1) is 15.3. The van der Waals surface area contributed by atoms with Gasteiger partial charge in [0.1, 0.15) is 0 Å². The van der Waals surface area contributed by atoms with E-state index in [1.165, 1.54) is 17.0 Å². The Balaban J connectivity index is 2.02. The number of aliphatic hydroxyl groups excluding tert-OH is 1. The average molecular weight is 437 g/mol. The maximum atomic E-state index is 13.1. The number of ether oxygens (including phenoxy) is 1. The van der Waals surface area contributed by atoms with Crippen LogP contribution in [0, 0.1) is 0 Å². The van der Waals surface area contributed by atoms with E-state index in [1.807, 2.05) is 49.3 Å². The Labute approximate surface area is 187 Å². The number of phenolic OH excluding ortho intramolecular Hbond substituents is 1. The summed E-state index contributed by atoms with van der Waals surface area (Å²) in [4.78, 5) is 29.4. The van der Waals surface area contributed by atoms with Crippen LogP contribution >= 0.6 is 0 Å². The lowest BCUT2D eigenvalue weighted by Gasteiger charge is -2.28. The second kappa shape index (κ2) is 10.2. The largest absolute Gasteiger partial charge is 0.504 e. The second-order valence-electron chi connectivity index (χ2n) is 7.74. The van der Waals surface area contributed by atoms with E-state index in [2.05, 4.69) is 0 Å². The molecule has 32 heavy (non-hydrogen) atoms. The molecule has 0 saturated heterocycles. The zero-order valence-electron chi connectivity index (χ0n) is 18.5. The van der Waals surface area contributed by atoms with Gasteiger partial charge in [0.05, 0.1) is 18.2 Å². The minimum absolute atomic E-state index is 0.00840. The third-order valence-electron chi connectivity index (χ3n) is 5.18. The first-order valence-corrected chi connectivity index (χ1v) is 10.5. The highest BCUT2D eigenvalue weighted by atomic mass is 16.5. The molecule has 2 N–H and O–H groups in total. The number of aliphatic hydroxyl groups is 1. The number of phenols is 1. The molecule has 1 aliphatic rings. The number of hydrogen-bond donors (Lipinski definition) is 2. The Bertz CT molecular complexity index is 1040. The minimum atomic E-state index is -0.796. The number of carbonyl (C=O) groups is 2. The molecule has 0 bridgehead atoms. The number of hydrogen-bond acceptors (Lipinski definition) is 6. The highest BCUT2D eigenvalue weighted by Crippen LogP contribution is 2.40. The molecule has 168 valence electrons. The van der Waals surface area contributed by atoms with Gasteiger partial charge in [-0.1, -0.05) is 42.5 Å². The Morgan fingerprint density at radius 1 is 1.16 bits per heavy atom. The molecule has 0 saturated carbocycles. The zero-order chi connectivity index (χ0) is 23.3. The topological polar surface area (TPSA) is 90.3 Å². The summed E-state index contributed by atoms with van der Waals surface area (Å²) in [5.74, 6) is -1.39. The van der Waals surface area contributed by atoms with Crippen LogP contribution in [0.4, 0.5) is 0 Å². The monoisotopic (exact) mass is 436 g/mol. The zero-order valence-corrected chi connectivity index (χ0v) is 18.5. The quantitative estimate of drug-likeness (QED) is 0.586. The minimum Gasteiger partial charge on any atom is -0.504 e. The van der Waals surface area contributed by atoms with Crippen molar-refractivity contribution in [3.63, 3.8) is 0 Å². The number of amides is 1. The fraction of sp³-hybridized carbons (Fsp3) is 0.280. The van der Waals surface area contributed by atoms with Gasteiger partial charge in [-0.05, 0) is 50.4 Å². The maximum Gasteiger partial charge on any atom is 0.290 e. The molecule has 2 aromatic carbocycles. The number of ketones is 1. The Kier molecular flexibility index (Phi) is 7.33. The van der Waals surface area contributed by atoms with Crippen LogP contribution in [0.15, 0.2) is 65.9 Å². The van der Waals surface area contributed by atoms with Crippen molar-refractivity contribution in [2.75, 3.05) is 33.8 Å².